The number of nitrogens with one attached hydrogen (secondary N) is 1. The summed E-state index contributed by atoms with van der Waals surface area (Å²) in [5, 5.41) is 23.1. The van der Waals surface area contributed by atoms with Crippen molar-refractivity contribution in [3.05, 3.63) is 12.7 Å². The molecule has 0 bridgehead atoms. The Morgan fingerprint density at radius 2 is 2.09 bits per heavy atom. The van der Waals surface area contributed by atoms with Gasteiger partial charge in [-0.05, 0) is 12.8 Å². The monoisotopic (exact) mass is 320 g/mol. The number of fused-ring (bicyclic) bond motifs is 1. The molecule has 2 aromatic heterocycles. The number of hydrogen-bond acceptors (Lipinski definition) is 8. The van der Waals surface area contributed by atoms with E-state index in [1.54, 1.807) is 0 Å². The molecule has 1 saturated heterocycles. The third-order valence-electron chi connectivity index (χ3n) is 4.08. The van der Waals surface area contributed by atoms with Crippen LogP contribution in [0.3, 0.4) is 0 Å². The van der Waals surface area contributed by atoms with Gasteiger partial charge in [0.15, 0.2) is 23.8 Å². The Morgan fingerprint density at radius 1 is 1.30 bits per heavy atom. The number of nitrogens with two attached hydrogens (primary N) is 1. The zero-order valence-corrected chi connectivity index (χ0v) is 12.0. The van der Waals surface area contributed by atoms with Gasteiger partial charge in [-0.1, -0.05) is 0 Å². The van der Waals surface area contributed by atoms with E-state index >= 15 is 0 Å². The number of hydrogen-bond donors (Lipinski definition) is 4. The number of anilines is 1. The molecule has 23 heavy (non-hydrogen) atoms. The fourth-order valence-electron chi connectivity index (χ4n) is 2.67. The maximum Gasteiger partial charge on any atom is 0.252 e. The van der Waals surface area contributed by atoms with Gasteiger partial charge in [0, 0.05) is 6.04 Å². The molecule has 10 heteroatoms. The predicted molar refractivity (Wildman–Crippen MR) is 76.8 cm³/mol. The van der Waals surface area contributed by atoms with Crippen LogP contribution in [0.15, 0.2) is 12.7 Å². The minimum absolute atomic E-state index is 0.135. The van der Waals surface area contributed by atoms with Gasteiger partial charge in [0.1, 0.15) is 24.1 Å². The van der Waals surface area contributed by atoms with E-state index in [1.165, 1.54) is 17.2 Å². The number of carbonyl (C=O) groups is 1. The van der Waals surface area contributed by atoms with Gasteiger partial charge in [-0.2, -0.15) is 0 Å². The molecule has 2 aliphatic rings. The molecule has 1 unspecified atom stereocenters. The standard InChI is InChI=1S/C13H16N6O4/c14-10-6-11(16-3-15-10)19(4-17-6)13-8(21)7(20)9(23-13)12(22)18-5-1-2-5/h3-5,7-9,13,20-21H,1-2H2,(H,18,22)(H2,14,15,16)/t7-,8+,9-,13?/m0/s1. The van der Waals surface area contributed by atoms with Crippen LogP contribution in [0.5, 0.6) is 0 Å². The molecule has 1 amide bonds. The normalized spacial score (nSPS) is 30.7. The first-order valence-electron chi connectivity index (χ1n) is 7.31. The van der Waals surface area contributed by atoms with Crippen LogP contribution < -0.4 is 11.1 Å². The lowest BCUT2D eigenvalue weighted by molar-refractivity contribution is -0.137. The second-order valence-corrected chi connectivity index (χ2v) is 5.79. The van der Waals surface area contributed by atoms with Crippen molar-refractivity contribution >= 4 is 22.9 Å². The largest absolute Gasteiger partial charge is 0.387 e. The Balaban J connectivity index is 1.63. The summed E-state index contributed by atoms with van der Waals surface area (Å²) in [4.78, 5) is 24.1. The molecule has 2 fully saturated rings. The second-order valence-electron chi connectivity index (χ2n) is 5.79. The fraction of sp³-hybridized carbons (Fsp3) is 0.538. The van der Waals surface area contributed by atoms with Crippen LogP contribution in [-0.4, -0.2) is 60.0 Å². The number of ether oxygens (including phenoxy) is 1. The first-order valence-corrected chi connectivity index (χ1v) is 7.31. The van der Waals surface area contributed by atoms with Crippen molar-refractivity contribution in [2.75, 3.05) is 5.73 Å². The van der Waals surface area contributed by atoms with Crippen molar-refractivity contribution in [1.82, 2.24) is 24.8 Å². The zero-order chi connectivity index (χ0) is 16.1. The Kier molecular flexibility index (Phi) is 3.18. The van der Waals surface area contributed by atoms with Gasteiger partial charge in [0.2, 0.25) is 0 Å². The van der Waals surface area contributed by atoms with Gasteiger partial charge in [0.25, 0.3) is 5.91 Å². The molecule has 10 nitrogen and oxygen atoms in total. The molecule has 2 aromatic rings. The summed E-state index contributed by atoms with van der Waals surface area (Å²) in [5.74, 6) is -0.232. The summed E-state index contributed by atoms with van der Waals surface area (Å²) in [5.41, 5.74) is 6.45. The van der Waals surface area contributed by atoms with Crippen molar-refractivity contribution < 1.29 is 19.7 Å². The van der Waals surface area contributed by atoms with E-state index in [0.717, 1.165) is 12.8 Å². The average Bonchev–Trinajstić information content (AvgIpc) is 3.15. The molecular weight excluding hydrogens is 304 g/mol. The molecular formula is C13H16N6O4. The lowest BCUT2D eigenvalue weighted by atomic mass is 10.1. The highest BCUT2D eigenvalue weighted by Gasteiger charge is 2.48. The maximum absolute atomic E-state index is 12.1. The number of aliphatic hydroxyl groups excluding tert-OH is 2. The van der Waals surface area contributed by atoms with E-state index in [1.807, 2.05) is 0 Å². The molecule has 1 aliphatic heterocycles. The predicted octanol–water partition coefficient (Wildman–Crippen LogP) is -1.69. The van der Waals surface area contributed by atoms with Crippen molar-refractivity contribution in [1.29, 1.82) is 0 Å². The highest BCUT2D eigenvalue weighted by Crippen LogP contribution is 2.32. The summed E-state index contributed by atoms with van der Waals surface area (Å²) in [6.45, 7) is 0. The van der Waals surface area contributed by atoms with Gasteiger partial charge >= 0.3 is 0 Å². The average molecular weight is 320 g/mol. The molecule has 4 atom stereocenters. The Hall–Kier alpha value is -2.30. The molecule has 122 valence electrons. The van der Waals surface area contributed by atoms with Crippen LogP contribution in [0.4, 0.5) is 5.82 Å². The van der Waals surface area contributed by atoms with Gasteiger partial charge in [-0.15, -0.1) is 0 Å². The smallest absolute Gasteiger partial charge is 0.252 e. The Bertz CT molecular complexity index is 760. The number of imidazole rings is 1. The minimum Gasteiger partial charge on any atom is -0.387 e. The second kappa shape index (κ2) is 5.11. The molecule has 5 N–H and O–H groups in total. The first kappa shape index (κ1) is 14.3. The highest BCUT2D eigenvalue weighted by atomic mass is 16.6. The molecule has 0 radical (unpaired) electrons. The van der Waals surface area contributed by atoms with E-state index < -0.39 is 30.4 Å². The van der Waals surface area contributed by atoms with Crippen molar-refractivity contribution in [3.63, 3.8) is 0 Å². The summed E-state index contributed by atoms with van der Waals surface area (Å²) in [6, 6.07) is 0.135. The molecule has 4 rings (SSSR count). The number of rotatable bonds is 3. The SMILES string of the molecule is Nc1ncnc2c1ncn2C1O[C@H](C(=O)NC2CC2)[C@@H](O)[C@H]1O. The van der Waals surface area contributed by atoms with Crippen LogP contribution in [0.25, 0.3) is 11.2 Å². The molecule has 1 saturated carbocycles. The third-order valence-corrected chi connectivity index (χ3v) is 4.08. The summed E-state index contributed by atoms with van der Waals surface area (Å²) < 4.78 is 7.01. The fourth-order valence-corrected chi connectivity index (χ4v) is 2.67. The summed E-state index contributed by atoms with van der Waals surface area (Å²) in [7, 11) is 0. The van der Waals surface area contributed by atoms with Gasteiger partial charge < -0.3 is 26.0 Å². The van der Waals surface area contributed by atoms with Crippen LogP contribution in [0.2, 0.25) is 0 Å². The van der Waals surface area contributed by atoms with Gasteiger partial charge in [-0.25, -0.2) is 15.0 Å². The molecule has 0 aromatic carbocycles. The van der Waals surface area contributed by atoms with Crippen LogP contribution in [0.1, 0.15) is 19.1 Å². The van der Waals surface area contributed by atoms with Crippen LogP contribution in [0, 0.1) is 0 Å². The van der Waals surface area contributed by atoms with Crippen molar-refractivity contribution in [3.8, 4) is 0 Å². The number of aliphatic hydroxyl groups is 2. The zero-order valence-electron chi connectivity index (χ0n) is 12.0. The van der Waals surface area contributed by atoms with Gasteiger partial charge in [-0.3, -0.25) is 9.36 Å². The lowest BCUT2D eigenvalue weighted by Crippen LogP contribution is -2.43. The number of nitrogens with zero attached hydrogens (tertiary/aromatic N) is 4. The number of nitrogen functional groups attached to an aromatic ring is 1. The summed E-state index contributed by atoms with van der Waals surface area (Å²) in [6.07, 6.45) is -0.269. The van der Waals surface area contributed by atoms with Crippen molar-refractivity contribution in [2.24, 2.45) is 0 Å². The van der Waals surface area contributed by atoms with E-state index in [9.17, 15) is 15.0 Å². The molecule has 0 spiro atoms. The third kappa shape index (κ3) is 2.31. The van der Waals surface area contributed by atoms with E-state index in [4.69, 9.17) is 10.5 Å². The van der Waals surface area contributed by atoms with Crippen LogP contribution in [-0.2, 0) is 9.53 Å². The van der Waals surface area contributed by atoms with Gasteiger partial charge in [0.05, 0.1) is 6.33 Å². The topological polar surface area (TPSA) is 148 Å². The highest BCUT2D eigenvalue weighted by molar-refractivity contribution is 5.83. The van der Waals surface area contributed by atoms with Crippen molar-refractivity contribution in [2.45, 2.75) is 43.4 Å². The first-order chi connectivity index (χ1) is 11.1. The lowest BCUT2D eigenvalue weighted by Gasteiger charge is -2.16. The van der Waals surface area contributed by atoms with E-state index in [-0.39, 0.29) is 11.9 Å². The van der Waals surface area contributed by atoms with Crippen LogP contribution >= 0.6 is 0 Å². The van der Waals surface area contributed by atoms with E-state index in [2.05, 4.69) is 20.3 Å². The molecule has 3 heterocycles. The number of carbonyl (C=O) groups excluding carboxylic acids is 1. The van der Waals surface area contributed by atoms with E-state index in [0.29, 0.717) is 11.2 Å². The number of aromatic nitrogens is 4. The Morgan fingerprint density at radius 3 is 2.83 bits per heavy atom. The Labute approximate surface area is 130 Å². The maximum atomic E-state index is 12.1. The minimum atomic E-state index is -1.34. The quantitative estimate of drug-likeness (QED) is 0.523. The summed E-state index contributed by atoms with van der Waals surface area (Å²) >= 11 is 0. The number of amides is 1. The molecule has 1 aliphatic carbocycles.